The van der Waals surface area contributed by atoms with E-state index in [4.69, 9.17) is 0 Å². The van der Waals surface area contributed by atoms with Crippen molar-refractivity contribution in [2.75, 3.05) is 18.4 Å². The van der Waals surface area contributed by atoms with Gasteiger partial charge < -0.3 is 5.32 Å². The van der Waals surface area contributed by atoms with Crippen LogP contribution < -0.4 is 5.32 Å². The third-order valence-corrected chi connectivity index (χ3v) is 4.28. The van der Waals surface area contributed by atoms with Crippen LogP contribution in [0.5, 0.6) is 0 Å². The van der Waals surface area contributed by atoms with Gasteiger partial charge in [0.25, 0.3) is 0 Å². The predicted octanol–water partition coefficient (Wildman–Crippen LogP) is 2.89. The highest BCUT2D eigenvalue weighted by Gasteiger charge is 2.37. The number of likely N-dealkylation sites (tertiary alicyclic amines) is 1. The van der Waals surface area contributed by atoms with Gasteiger partial charge in [-0.25, -0.2) is 0 Å². The van der Waals surface area contributed by atoms with E-state index >= 15 is 0 Å². The molecule has 2 atom stereocenters. The highest BCUT2D eigenvalue weighted by molar-refractivity contribution is 5.43. The number of hydrogen-bond donors (Lipinski definition) is 1. The van der Waals surface area contributed by atoms with Gasteiger partial charge in [-0.05, 0) is 43.7 Å². The number of anilines is 1. The van der Waals surface area contributed by atoms with Crippen LogP contribution >= 0.6 is 0 Å². The summed E-state index contributed by atoms with van der Waals surface area (Å²) in [7, 11) is 0. The summed E-state index contributed by atoms with van der Waals surface area (Å²) in [4.78, 5) is 7.14. The van der Waals surface area contributed by atoms with Crippen molar-refractivity contribution in [3.63, 3.8) is 0 Å². The van der Waals surface area contributed by atoms with Crippen molar-refractivity contribution in [2.24, 2.45) is 5.92 Å². The van der Waals surface area contributed by atoms with Crippen LogP contribution in [-0.2, 0) is 6.54 Å². The molecule has 1 saturated carbocycles. The van der Waals surface area contributed by atoms with Crippen LogP contribution in [0.1, 0.15) is 38.3 Å². The molecule has 1 aromatic heterocycles. The topological polar surface area (TPSA) is 28.2 Å². The molecule has 98 valence electrons. The molecule has 1 saturated heterocycles. The molecule has 2 bridgehead atoms. The molecule has 1 aromatic rings. The first kappa shape index (κ1) is 12.0. The zero-order valence-electron chi connectivity index (χ0n) is 11.2. The van der Waals surface area contributed by atoms with Crippen LogP contribution in [0.4, 0.5) is 5.69 Å². The molecule has 0 radical (unpaired) electrons. The summed E-state index contributed by atoms with van der Waals surface area (Å²) in [5.74, 6) is 0.969. The van der Waals surface area contributed by atoms with Gasteiger partial charge in [0.15, 0.2) is 0 Å². The highest BCUT2D eigenvalue weighted by Crippen LogP contribution is 2.37. The lowest BCUT2D eigenvalue weighted by molar-refractivity contribution is 0.203. The average molecular weight is 245 g/mol. The number of hydrogen-bond acceptors (Lipinski definition) is 3. The minimum absolute atomic E-state index is 0.837. The predicted molar refractivity (Wildman–Crippen MR) is 74.6 cm³/mol. The van der Waals surface area contributed by atoms with Gasteiger partial charge in [-0.15, -0.1) is 0 Å². The average Bonchev–Trinajstić information content (AvgIpc) is 2.99. The van der Waals surface area contributed by atoms with Gasteiger partial charge in [0.2, 0.25) is 0 Å². The molecule has 3 rings (SSSR count). The standard InChI is InChI=1S/C15H23N3/c1-2-6-16-13-5-7-17-14(9-13)11-18-10-12-3-4-15(18)8-12/h5,7,9,12,15H,2-4,6,8,10-11H2,1H3,(H,16,17). The first-order chi connectivity index (χ1) is 8.85. The fraction of sp³-hybridized carbons (Fsp3) is 0.667. The maximum absolute atomic E-state index is 4.51. The number of pyridine rings is 1. The van der Waals surface area contributed by atoms with Gasteiger partial charge >= 0.3 is 0 Å². The Bertz CT molecular complexity index is 404. The van der Waals surface area contributed by atoms with E-state index < -0.39 is 0 Å². The van der Waals surface area contributed by atoms with Gasteiger partial charge in [0, 0.05) is 37.6 Å². The second kappa shape index (κ2) is 5.27. The Kier molecular flexibility index (Phi) is 3.50. The molecule has 18 heavy (non-hydrogen) atoms. The second-order valence-corrected chi connectivity index (χ2v) is 5.72. The van der Waals surface area contributed by atoms with Crippen LogP contribution in [-0.4, -0.2) is 29.0 Å². The zero-order chi connectivity index (χ0) is 12.4. The minimum atomic E-state index is 0.837. The summed E-state index contributed by atoms with van der Waals surface area (Å²) < 4.78 is 0. The Labute approximate surface area is 110 Å². The normalized spacial score (nSPS) is 26.7. The third-order valence-electron chi connectivity index (χ3n) is 4.28. The molecule has 1 aliphatic heterocycles. The van der Waals surface area contributed by atoms with E-state index in [0.29, 0.717) is 0 Å². The summed E-state index contributed by atoms with van der Waals surface area (Å²) in [5.41, 5.74) is 2.43. The minimum Gasteiger partial charge on any atom is -0.385 e. The van der Waals surface area contributed by atoms with Crippen LogP contribution in [0.3, 0.4) is 0 Å². The van der Waals surface area contributed by atoms with Gasteiger partial charge in [0.1, 0.15) is 0 Å². The van der Waals surface area contributed by atoms with E-state index in [1.54, 1.807) is 0 Å². The van der Waals surface area contributed by atoms with Crippen molar-refractivity contribution < 1.29 is 0 Å². The van der Waals surface area contributed by atoms with E-state index in [1.807, 2.05) is 6.20 Å². The maximum Gasteiger partial charge on any atom is 0.0564 e. The molecular weight excluding hydrogens is 222 g/mol. The third kappa shape index (κ3) is 2.51. The lowest BCUT2D eigenvalue weighted by Crippen LogP contribution is -2.31. The Morgan fingerprint density at radius 2 is 2.39 bits per heavy atom. The van der Waals surface area contributed by atoms with Crippen LogP contribution in [0.15, 0.2) is 18.3 Å². The highest BCUT2D eigenvalue weighted by atomic mass is 15.2. The van der Waals surface area contributed by atoms with Crippen LogP contribution in [0, 0.1) is 5.92 Å². The lowest BCUT2D eigenvalue weighted by Gasteiger charge is -2.26. The number of rotatable bonds is 5. The summed E-state index contributed by atoms with van der Waals surface area (Å²) in [6.07, 6.45) is 7.37. The largest absolute Gasteiger partial charge is 0.385 e. The first-order valence-corrected chi connectivity index (χ1v) is 7.28. The molecule has 3 nitrogen and oxygen atoms in total. The molecule has 0 spiro atoms. The fourth-order valence-corrected chi connectivity index (χ4v) is 3.37. The van der Waals surface area contributed by atoms with Crippen molar-refractivity contribution in [3.8, 4) is 0 Å². The summed E-state index contributed by atoms with van der Waals surface area (Å²) in [5, 5.41) is 3.44. The number of aromatic nitrogens is 1. The molecule has 2 fully saturated rings. The summed E-state index contributed by atoms with van der Waals surface area (Å²) in [6.45, 7) is 5.55. The molecule has 1 N–H and O–H groups in total. The number of piperidine rings is 1. The molecular formula is C15H23N3. The molecule has 0 amide bonds. The van der Waals surface area contributed by atoms with E-state index in [0.717, 1.165) is 31.5 Å². The second-order valence-electron chi connectivity index (χ2n) is 5.72. The van der Waals surface area contributed by atoms with Crippen molar-refractivity contribution in [2.45, 2.75) is 45.2 Å². The van der Waals surface area contributed by atoms with Crippen molar-refractivity contribution in [1.29, 1.82) is 0 Å². The van der Waals surface area contributed by atoms with Crippen molar-refractivity contribution >= 4 is 5.69 Å². The Balaban J connectivity index is 1.62. The van der Waals surface area contributed by atoms with Crippen LogP contribution in [0.25, 0.3) is 0 Å². The quantitative estimate of drug-likeness (QED) is 0.864. The number of nitrogens with one attached hydrogen (secondary N) is 1. The SMILES string of the molecule is CCCNc1ccnc(CN2CC3CCC2C3)c1. The monoisotopic (exact) mass is 245 g/mol. The Hall–Kier alpha value is -1.09. The van der Waals surface area contributed by atoms with Gasteiger partial charge in [-0.1, -0.05) is 6.92 Å². The molecule has 3 heteroatoms. The van der Waals surface area contributed by atoms with Crippen LogP contribution in [0.2, 0.25) is 0 Å². The maximum atomic E-state index is 4.51. The van der Waals surface area contributed by atoms with E-state index in [2.05, 4.69) is 34.3 Å². The van der Waals surface area contributed by atoms with Gasteiger partial charge in [-0.2, -0.15) is 0 Å². The molecule has 1 aliphatic carbocycles. The fourth-order valence-electron chi connectivity index (χ4n) is 3.37. The number of fused-ring (bicyclic) bond motifs is 2. The summed E-state index contributed by atoms with van der Waals surface area (Å²) in [6, 6.07) is 5.11. The van der Waals surface area contributed by atoms with Crippen molar-refractivity contribution in [3.05, 3.63) is 24.0 Å². The first-order valence-electron chi connectivity index (χ1n) is 7.28. The molecule has 2 unspecified atom stereocenters. The van der Waals surface area contributed by atoms with E-state index in [-0.39, 0.29) is 0 Å². The van der Waals surface area contributed by atoms with Gasteiger partial charge in [-0.3, -0.25) is 9.88 Å². The Morgan fingerprint density at radius 3 is 3.11 bits per heavy atom. The van der Waals surface area contributed by atoms with Gasteiger partial charge in [0.05, 0.1) is 5.69 Å². The van der Waals surface area contributed by atoms with Crippen molar-refractivity contribution in [1.82, 2.24) is 9.88 Å². The number of nitrogens with zero attached hydrogens (tertiary/aromatic N) is 2. The lowest BCUT2D eigenvalue weighted by atomic mass is 10.1. The molecule has 2 heterocycles. The van der Waals surface area contributed by atoms with E-state index in [1.165, 1.54) is 37.2 Å². The smallest absolute Gasteiger partial charge is 0.0564 e. The Morgan fingerprint density at radius 1 is 1.44 bits per heavy atom. The zero-order valence-corrected chi connectivity index (χ0v) is 11.2. The molecule has 2 aliphatic rings. The summed E-state index contributed by atoms with van der Waals surface area (Å²) >= 11 is 0. The molecule has 0 aromatic carbocycles. The van der Waals surface area contributed by atoms with E-state index in [9.17, 15) is 0 Å².